The van der Waals surface area contributed by atoms with Crippen molar-refractivity contribution in [2.75, 3.05) is 5.32 Å². The van der Waals surface area contributed by atoms with Crippen LogP contribution in [-0.4, -0.2) is 25.2 Å². The molecule has 8 nitrogen and oxygen atoms in total. The first-order valence-corrected chi connectivity index (χ1v) is 10.6. The third-order valence-electron chi connectivity index (χ3n) is 5.88. The molecule has 2 heterocycles. The van der Waals surface area contributed by atoms with Crippen molar-refractivity contribution in [1.29, 1.82) is 0 Å². The Balaban J connectivity index is 1.52. The second-order valence-electron chi connectivity index (χ2n) is 7.97. The van der Waals surface area contributed by atoms with Gasteiger partial charge in [0.05, 0.1) is 10.9 Å². The van der Waals surface area contributed by atoms with E-state index in [1.807, 2.05) is 6.07 Å². The second-order valence-corrected chi connectivity index (χ2v) is 7.97. The maximum absolute atomic E-state index is 12.8. The minimum Gasteiger partial charge on any atom is -0.308 e. The van der Waals surface area contributed by atoms with Crippen molar-refractivity contribution in [3.63, 3.8) is 0 Å². The summed E-state index contributed by atoms with van der Waals surface area (Å²) in [5, 5.41) is 10.4. The van der Waals surface area contributed by atoms with E-state index in [9.17, 15) is 14.4 Å². The zero-order chi connectivity index (χ0) is 21.1. The summed E-state index contributed by atoms with van der Waals surface area (Å²) >= 11 is 0. The fraction of sp³-hybridized carbons (Fsp3) is 0.455. The number of rotatable bonds is 6. The highest BCUT2D eigenvalue weighted by Gasteiger charge is 2.17. The van der Waals surface area contributed by atoms with E-state index in [-0.39, 0.29) is 24.6 Å². The van der Waals surface area contributed by atoms with Crippen LogP contribution in [0.5, 0.6) is 0 Å². The number of hydrogen-bond donors (Lipinski definition) is 2. The molecule has 0 spiro atoms. The standard InChI is InChI=1S/C22H27N5O3/c1-2-26-21(29)17-10-6-7-11-18(17)27(22(26)30)14-20(28)23-19-13-16(24-25-19)12-15-8-4-3-5-9-15/h6-7,10-11,13,15H,2-5,8-9,12,14H2,1H3,(H2,23,24,25,28). The van der Waals surface area contributed by atoms with E-state index in [0.29, 0.717) is 22.6 Å². The van der Waals surface area contributed by atoms with Crippen molar-refractivity contribution in [3.05, 3.63) is 56.9 Å². The number of H-pyrrole nitrogens is 1. The minimum absolute atomic E-state index is 0.190. The van der Waals surface area contributed by atoms with Crippen molar-refractivity contribution in [1.82, 2.24) is 19.3 Å². The molecule has 0 atom stereocenters. The average Bonchev–Trinajstić information content (AvgIpc) is 3.19. The molecule has 2 N–H and O–H groups in total. The minimum atomic E-state index is -0.489. The number of nitrogens with zero attached hydrogens (tertiary/aromatic N) is 3. The molecule has 0 saturated heterocycles. The summed E-state index contributed by atoms with van der Waals surface area (Å²) < 4.78 is 2.48. The topological polar surface area (TPSA) is 102 Å². The molecule has 158 valence electrons. The molecule has 0 aliphatic heterocycles. The molecule has 8 heteroatoms. The van der Waals surface area contributed by atoms with Crippen molar-refractivity contribution in [3.8, 4) is 0 Å². The van der Waals surface area contributed by atoms with E-state index in [4.69, 9.17) is 0 Å². The molecule has 0 radical (unpaired) electrons. The summed E-state index contributed by atoms with van der Waals surface area (Å²) in [7, 11) is 0. The van der Waals surface area contributed by atoms with Crippen molar-refractivity contribution in [2.45, 2.75) is 58.5 Å². The van der Waals surface area contributed by atoms with Crippen LogP contribution in [0, 0.1) is 5.92 Å². The largest absolute Gasteiger partial charge is 0.331 e. The lowest BCUT2D eigenvalue weighted by Crippen LogP contribution is -2.41. The van der Waals surface area contributed by atoms with Crippen molar-refractivity contribution >= 4 is 22.6 Å². The number of hydrogen-bond acceptors (Lipinski definition) is 4. The Labute approximate surface area is 173 Å². The first kappa shape index (κ1) is 20.1. The van der Waals surface area contributed by atoms with Crippen molar-refractivity contribution in [2.24, 2.45) is 5.92 Å². The number of fused-ring (bicyclic) bond motifs is 1. The van der Waals surface area contributed by atoms with E-state index in [2.05, 4.69) is 15.5 Å². The number of aromatic nitrogens is 4. The molecular formula is C22H27N5O3. The predicted octanol–water partition coefficient (Wildman–Crippen LogP) is 2.67. The zero-order valence-corrected chi connectivity index (χ0v) is 17.2. The molecule has 0 bridgehead atoms. The number of benzene rings is 1. The highest BCUT2D eigenvalue weighted by Crippen LogP contribution is 2.26. The van der Waals surface area contributed by atoms with Gasteiger partial charge in [-0.3, -0.25) is 23.8 Å². The van der Waals surface area contributed by atoms with Crippen LogP contribution in [0.1, 0.15) is 44.7 Å². The third kappa shape index (κ3) is 4.08. The van der Waals surface area contributed by atoms with Gasteiger partial charge in [0.15, 0.2) is 5.82 Å². The molecule has 1 aliphatic carbocycles. The molecule has 2 aromatic heterocycles. The van der Waals surface area contributed by atoms with E-state index in [1.165, 1.54) is 36.7 Å². The van der Waals surface area contributed by atoms with Gasteiger partial charge in [-0.1, -0.05) is 44.2 Å². The Morgan fingerprint density at radius 2 is 1.93 bits per heavy atom. The number of para-hydroxylation sites is 1. The summed E-state index contributed by atoms with van der Waals surface area (Å²) in [6.45, 7) is 1.79. The van der Waals surface area contributed by atoms with Crippen LogP contribution in [0.2, 0.25) is 0 Å². The Morgan fingerprint density at radius 1 is 1.17 bits per heavy atom. The summed E-state index contributed by atoms with van der Waals surface area (Å²) in [6.07, 6.45) is 7.30. The van der Waals surface area contributed by atoms with Gasteiger partial charge in [0.25, 0.3) is 5.56 Å². The second kappa shape index (κ2) is 8.69. The van der Waals surface area contributed by atoms with Crippen LogP contribution in [0.15, 0.2) is 39.9 Å². The van der Waals surface area contributed by atoms with Gasteiger partial charge in [0.1, 0.15) is 6.54 Å². The van der Waals surface area contributed by atoms with Gasteiger partial charge in [-0.05, 0) is 31.4 Å². The molecule has 0 unspecified atom stereocenters. The van der Waals surface area contributed by atoms with Crippen molar-refractivity contribution < 1.29 is 4.79 Å². The summed E-state index contributed by atoms with van der Waals surface area (Å²) in [4.78, 5) is 37.9. The van der Waals surface area contributed by atoms with Crippen LogP contribution in [0.25, 0.3) is 10.9 Å². The molecule has 1 aromatic carbocycles. The number of amides is 1. The Morgan fingerprint density at radius 3 is 2.70 bits per heavy atom. The summed E-state index contributed by atoms with van der Waals surface area (Å²) in [6, 6.07) is 8.71. The quantitative estimate of drug-likeness (QED) is 0.653. The lowest BCUT2D eigenvalue weighted by molar-refractivity contribution is -0.116. The summed E-state index contributed by atoms with van der Waals surface area (Å²) in [5.41, 5.74) is 0.637. The van der Waals surface area contributed by atoms with Crippen LogP contribution in [0.4, 0.5) is 5.82 Å². The molecule has 1 amide bonds. The van der Waals surface area contributed by atoms with Gasteiger partial charge in [-0.25, -0.2) is 4.79 Å². The van der Waals surface area contributed by atoms with Crippen LogP contribution >= 0.6 is 0 Å². The van der Waals surface area contributed by atoms with E-state index in [1.54, 1.807) is 31.2 Å². The first-order chi connectivity index (χ1) is 14.6. The molecular weight excluding hydrogens is 382 g/mol. The summed E-state index contributed by atoms with van der Waals surface area (Å²) in [5.74, 6) is 0.758. The zero-order valence-electron chi connectivity index (χ0n) is 17.2. The van der Waals surface area contributed by atoms with E-state index >= 15 is 0 Å². The monoisotopic (exact) mass is 409 g/mol. The SMILES string of the molecule is CCn1c(=O)c2ccccc2n(CC(=O)Nc2cc(CC3CCCCC3)[nH]n2)c1=O. The maximum Gasteiger partial charge on any atom is 0.331 e. The number of anilines is 1. The highest BCUT2D eigenvalue weighted by molar-refractivity contribution is 5.90. The fourth-order valence-electron chi connectivity index (χ4n) is 4.36. The number of carbonyl (C=O) groups is 1. The Kier molecular flexibility index (Phi) is 5.83. The van der Waals surface area contributed by atoms with Crippen LogP contribution < -0.4 is 16.6 Å². The highest BCUT2D eigenvalue weighted by atomic mass is 16.2. The van der Waals surface area contributed by atoms with Crippen LogP contribution in [0.3, 0.4) is 0 Å². The average molecular weight is 409 g/mol. The predicted molar refractivity (Wildman–Crippen MR) is 116 cm³/mol. The first-order valence-electron chi connectivity index (χ1n) is 10.6. The van der Waals surface area contributed by atoms with Gasteiger partial charge < -0.3 is 5.32 Å². The smallest absolute Gasteiger partial charge is 0.308 e. The maximum atomic E-state index is 12.8. The van der Waals surface area contributed by atoms with Gasteiger partial charge in [-0.15, -0.1) is 0 Å². The molecule has 30 heavy (non-hydrogen) atoms. The van der Waals surface area contributed by atoms with E-state index in [0.717, 1.165) is 16.7 Å². The number of carbonyl (C=O) groups excluding carboxylic acids is 1. The number of nitrogens with one attached hydrogen (secondary N) is 2. The van der Waals surface area contributed by atoms with E-state index < -0.39 is 5.69 Å². The van der Waals surface area contributed by atoms with Gasteiger partial charge >= 0.3 is 5.69 Å². The lowest BCUT2D eigenvalue weighted by atomic mass is 9.86. The number of aromatic amines is 1. The fourth-order valence-corrected chi connectivity index (χ4v) is 4.36. The molecule has 1 fully saturated rings. The normalized spacial score (nSPS) is 14.8. The Bertz CT molecular complexity index is 1170. The molecule has 4 rings (SSSR count). The molecule has 1 aliphatic rings. The molecule has 3 aromatic rings. The lowest BCUT2D eigenvalue weighted by Gasteiger charge is -2.20. The van der Waals surface area contributed by atoms with Crippen LogP contribution in [-0.2, 0) is 24.3 Å². The molecule has 1 saturated carbocycles. The van der Waals surface area contributed by atoms with Gasteiger partial charge in [0.2, 0.25) is 5.91 Å². The van der Waals surface area contributed by atoms with Gasteiger partial charge in [0, 0.05) is 18.3 Å². The van der Waals surface area contributed by atoms with Gasteiger partial charge in [-0.2, -0.15) is 5.10 Å². The Hall–Kier alpha value is -3.16. The third-order valence-corrected chi connectivity index (χ3v) is 5.88.